The first kappa shape index (κ1) is 13.2. The Bertz CT molecular complexity index is 390. The number of rotatable bonds is 4. The van der Waals surface area contributed by atoms with Crippen LogP contribution >= 0.6 is 0 Å². The van der Waals surface area contributed by atoms with Gasteiger partial charge < -0.3 is 15.4 Å². The molecule has 0 amide bonds. The monoisotopic (exact) mass is 248 g/mol. The number of benzene rings is 1. The Kier molecular flexibility index (Phi) is 3.81. The summed E-state index contributed by atoms with van der Waals surface area (Å²) in [6.07, 6.45) is 3.74. The zero-order chi connectivity index (χ0) is 13.2. The van der Waals surface area contributed by atoms with Gasteiger partial charge in [-0.1, -0.05) is 13.3 Å². The second-order valence-corrected chi connectivity index (χ2v) is 5.36. The molecule has 18 heavy (non-hydrogen) atoms. The zero-order valence-corrected chi connectivity index (χ0v) is 11.6. The number of ether oxygens (including phenoxy) is 1. The van der Waals surface area contributed by atoms with Crippen molar-refractivity contribution in [2.24, 2.45) is 11.7 Å². The molecule has 1 aromatic carbocycles. The van der Waals surface area contributed by atoms with Crippen LogP contribution in [0.1, 0.15) is 26.2 Å². The summed E-state index contributed by atoms with van der Waals surface area (Å²) in [5.41, 5.74) is 7.42. The summed E-state index contributed by atoms with van der Waals surface area (Å²) in [6.45, 7) is 3.04. The van der Waals surface area contributed by atoms with Crippen molar-refractivity contribution in [3.63, 3.8) is 0 Å². The minimum Gasteiger partial charge on any atom is -0.497 e. The van der Waals surface area contributed by atoms with Crippen LogP contribution in [0.25, 0.3) is 0 Å². The van der Waals surface area contributed by atoms with E-state index in [1.807, 2.05) is 12.1 Å². The molecule has 2 N–H and O–H groups in total. The molecule has 0 aliphatic heterocycles. The van der Waals surface area contributed by atoms with E-state index < -0.39 is 0 Å². The standard InChI is InChI=1S/C15H24N2O/c1-12-5-4-10-15(12,11-16)17(2)13-6-8-14(18-3)9-7-13/h6-9,12H,4-5,10-11,16H2,1-3H3. The molecule has 1 aliphatic rings. The highest BCUT2D eigenvalue weighted by atomic mass is 16.5. The van der Waals surface area contributed by atoms with E-state index in [1.165, 1.54) is 24.9 Å². The van der Waals surface area contributed by atoms with Gasteiger partial charge >= 0.3 is 0 Å². The quantitative estimate of drug-likeness (QED) is 0.890. The first-order valence-electron chi connectivity index (χ1n) is 6.72. The number of hydrogen-bond donors (Lipinski definition) is 1. The van der Waals surface area contributed by atoms with Gasteiger partial charge in [-0.2, -0.15) is 0 Å². The molecule has 3 nitrogen and oxygen atoms in total. The van der Waals surface area contributed by atoms with E-state index in [9.17, 15) is 0 Å². The molecule has 3 heteroatoms. The number of likely N-dealkylation sites (N-methyl/N-ethyl adjacent to an activating group) is 1. The lowest BCUT2D eigenvalue weighted by atomic mass is 9.86. The Morgan fingerprint density at radius 1 is 1.39 bits per heavy atom. The molecule has 0 saturated heterocycles. The van der Waals surface area contributed by atoms with E-state index in [4.69, 9.17) is 10.5 Å². The van der Waals surface area contributed by atoms with Crippen molar-refractivity contribution in [3.8, 4) is 5.75 Å². The van der Waals surface area contributed by atoms with Gasteiger partial charge in [-0.25, -0.2) is 0 Å². The van der Waals surface area contributed by atoms with Gasteiger partial charge in [0.25, 0.3) is 0 Å². The Morgan fingerprint density at radius 3 is 2.50 bits per heavy atom. The van der Waals surface area contributed by atoms with E-state index in [-0.39, 0.29) is 5.54 Å². The lowest BCUT2D eigenvalue weighted by Gasteiger charge is -2.43. The maximum Gasteiger partial charge on any atom is 0.119 e. The SMILES string of the molecule is COc1ccc(N(C)C2(CN)CCCC2C)cc1. The van der Waals surface area contributed by atoms with Gasteiger partial charge in [0.15, 0.2) is 0 Å². The number of anilines is 1. The molecular formula is C15H24N2O. The van der Waals surface area contributed by atoms with E-state index in [0.717, 1.165) is 12.3 Å². The molecule has 100 valence electrons. The molecule has 2 unspecified atom stereocenters. The first-order chi connectivity index (χ1) is 8.64. The largest absolute Gasteiger partial charge is 0.497 e. The summed E-state index contributed by atoms with van der Waals surface area (Å²) >= 11 is 0. The van der Waals surface area contributed by atoms with Gasteiger partial charge in [0.05, 0.1) is 12.6 Å². The van der Waals surface area contributed by atoms with Crippen LogP contribution in [0.3, 0.4) is 0 Å². The van der Waals surface area contributed by atoms with Crippen molar-refractivity contribution in [2.75, 3.05) is 25.6 Å². The Labute approximate surface area is 110 Å². The molecule has 0 radical (unpaired) electrons. The minimum atomic E-state index is 0.120. The Hall–Kier alpha value is -1.22. The molecule has 0 spiro atoms. The fourth-order valence-corrected chi connectivity index (χ4v) is 3.23. The first-order valence-corrected chi connectivity index (χ1v) is 6.72. The highest BCUT2D eigenvalue weighted by molar-refractivity contribution is 5.51. The molecular weight excluding hydrogens is 224 g/mol. The maximum atomic E-state index is 6.09. The van der Waals surface area contributed by atoms with Crippen molar-refractivity contribution in [1.29, 1.82) is 0 Å². The molecule has 1 aromatic rings. The Morgan fingerprint density at radius 2 is 2.06 bits per heavy atom. The third kappa shape index (κ3) is 2.07. The van der Waals surface area contributed by atoms with Crippen LogP contribution in [0.15, 0.2) is 24.3 Å². The van der Waals surface area contributed by atoms with Crippen LogP contribution < -0.4 is 15.4 Å². The summed E-state index contributed by atoms with van der Waals surface area (Å²) < 4.78 is 5.20. The molecule has 1 aliphatic carbocycles. The molecule has 0 bridgehead atoms. The molecule has 0 aromatic heterocycles. The van der Waals surface area contributed by atoms with Gasteiger partial charge in [-0.3, -0.25) is 0 Å². The van der Waals surface area contributed by atoms with Crippen molar-refractivity contribution in [3.05, 3.63) is 24.3 Å². The van der Waals surface area contributed by atoms with Crippen LogP contribution in [0.2, 0.25) is 0 Å². The fraction of sp³-hybridized carbons (Fsp3) is 0.600. The van der Waals surface area contributed by atoms with Crippen molar-refractivity contribution < 1.29 is 4.74 Å². The number of nitrogens with zero attached hydrogens (tertiary/aromatic N) is 1. The second-order valence-electron chi connectivity index (χ2n) is 5.36. The second kappa shape index (κ2) is 5.19. The third-order valence-electron chi connectivity index (χ3n) is 4.65. The van der Waals surface area contributed by atoms with Gasteiger partial charge in [-0.15, -0.1) is 0 Å². The van der Waals surface area contributed by atoms with E-state index >= 15 is 0 Å². The van der Waals surface area contributed by atoms with Gasteiger partial charge in [0.2, 0.25) is 0 Å². The minimum absolute atomic E-state index is 0.120. The molecule has 2 rings (SSSR count). The van der Waals surface area contributed by atoms with Gasteiger partial charge in [0.1, 0.15) is 5.75 Å². The maximum absolute atomic E-state index is 6.09. The highest BCUT2D eigenvalue weighted by Crippen LogP contribution is 2.41. The molecule has 1 saturated carbocycles. The zero-order valence-electron chi connectivity index (χ0n) is 11.6. The van der Waals surface area contributed by atoms with Crippen LogP contribution in [-0.2, 0) is 0 Å². The van der Waals surface area contributed by atoms with Crippen LogP contribution in [0.5, 0.6) is 5.75 Å². The lowest BCUT2D eigenvalue weighted by molar-refractivity contribution is 0.331. The summed E-state index contributed by atoms with van der Waals surface area (Å²) in [4.78, 5) is 2.37. The number of methoxy groups -OCH3 is 1. The van der Waals surface area contributed by atoms with E-state index in [2.05, 4.69) is 31.0 Å². The predicted molar refractivity (Wildman–Crippen MR) is 76.2 cm³/mol. The lowest BCUT2D eigenvalue weighted by Crippen LogP contribution is -2.54. The van der Waals surface area contributed by atoms with Crippen molar-refractivity contribution >= 4 is 5.69 Å². The predicted octanol–water partition coefficient (Wildman–Crippen LogP) is 2.65. The highest BCUT2D eigenvalue weighted by Gasteiger charge is 2.42. The summed E-state index contributed by atoms with van der Waals surface area (Å²) in [5.74, 6) is 1.54. The van der Waals surface area contributed by atoms with Crippen LogP contribution in [0, 0.1) is 5.92 Å². The van der Waals surface area contributed by atoms with Crippen LogP contribution in [-0.4, -0.2) is 26.2 Å². The van der Waals surface area contributed by atoms with E-state index in [0.29, 0.717) is 5.92 Å². The third-order valence-corrected chi connectivity index (χ3v) is 4.65. The molecule has 0 heterocycles. The average molecular weight is 248 g/mol. The summed E-state index contributed by atoms with van der Waals surface area (Å²) in [7, 11) is 3.86. The summed E-state index contributed by atoms with van der Waals surface area (Å²) in [5, 5.41) is 0. The normalized spacial score (nSPS) is 27.2. The van der Waals surface area contributed by atoms with Gasteiger partial charge in [-0.05, 0) is 43.0 Å². The van der Waals surface area contributed by atoms with Gasteiger partial charge in [0, 0.05) is 19.3 Å². The van der Waals surface area contributed by atoms with Crippen molar-refractivity contribution in [1.82, 2.24) is 0 Å². The number of hydrogen-bond acceptors (Lipinski definition) is 3. The van der Waals surface area contributed by atoms with Crippen LogP contribution in [0.4, 0.5) is 5.69 Å². The number of nitrogens with two attached hydrogens (primary N) is 1. The average Bonchev–Trinajstić information content (AvgIpc) is 2.80. The summed E-state index contributed by atoms with van der Waals surface area (Å²) in [6, 6.07) is 8.24. The van der Waals surface area contributed by atoms with Crippen molar-refractivity contribution in [2.45, 2.75) is 31.7 Å². The Balaban J connectivity index is 2.25. The molecule has 1 fully saturated rings. The topological polar surface area (TPSA) is 38.5 Å². The fourth-order valence-electron chi connectivity index (χ4n) is 3.23. The molecule has 2 atom stereocenters. The van der Waals surface area contributed by atoms with E-state index in [1.54, 1.807) is 7.11 Å². The smallest absolute Gasteiger partial charge is 0.119 e.